The summed E-state index contributed by atoms with van der Waals surface area (Å²) in [6.45, 7) is 3.68. The molecule has 2 aliphatic carbocycles. The number of hydrogen-bond acceptors (Lipinski definition) is 2. The van der Waals surface area contributed by atoms with Crippen LogP contribution in [-0.2, 0) is 46.5 Å². The first kappa shape index (κ1) is 40.4. The minimum atomic E-state index is -5.32. The minimum Gasteiger partial charge on any atom is -0.478 e. The molecule has 0 N–H and O–H groups in total. The van der Waals surface area contributed by atoms with E-state index in [1.54, 1.807) is 0 Å². The van der Waals surface area contributed by atoms with Gasteiger partial charge in [-0.3, -0.25) is 0 Å². The van der Waals surface area contributed by atoms with Gasteiger partial charge in [0.25, 0.3) is 0 Å². The molecule has 0 aromatic heterocycles. The molecule has 0 spiro atoms. The molecule has 0 bridgehead atoms. The van der Waals surface area contributed by atoms with E-state index in [9.17, 15) is 52.7 Å². The summed E-state index contributed by atoms with van der Waals surface area (Å²) < 4.78 is 170. The Hall–Kier alpha value is -1.98. The molecule has 1 aliphatic heterocycles. The third-order valence-electron chi connectivity index (χ3n) is 6.92. The molecule has 1 heterocycles. The van der Waals surface area contributed by atoms with Gasteiger partial charge < -0.3 is 4.74 Å². The van der Waals surface area contributed by atoms with E-state index in [4.69, 9.17) is 4.74 Å². The van der Waals surface area contributed by atoms with E-state index in [2.05, 4.69) is 4.99 Å². The maximum atomic E-state index is 13.7. The Morgan fingerprint density at radius 3 is 1.29 bits per heavy atom. The second-order valence-corrected chi connectivity index (χ2v) is 12.9. The second kappa shape index (κ2) is 15.5. The SMILES string of the molecule is CC(C)[C@H]1COC([C]2[CH][CH][CH][C]2P(c2cc(C(F)(F)F)cc(C(F)(F)F)c2)c2cc(C(F)(F)F)cc(C(F)(F)F)c2)=N1.[CH]1[CH][CH][CH][CH]1.[Fe+2]. The summed E-state index contributed by atoms with van der Waals surface area (Å²) >= 11 is 0. The van der Waals surface area contributed by atoms with Gasteiger partial charge in [-0.05, 0) is 112 Å². The van der Waals surface area contributed by atoms with E-state index in [1.165, 1.54) is 19.3 Å². The zero-order chi connectivity index (χ0) is 34.9. The van der Waals surface area contributed by atoms with Gasteiger partial charge in [0, 0.05) is 5.66 Å². The van der Waals surface area contributed by atoms with Crippen molar-refractivity contribution >= 4 is 24.4 Å². The van der Waals surface area contributed by atoms with Crippen LogP contribution in [0.5, 0.6) is 0 Å². The molecule has 10 radical (unpaired) electrons. The number of aliphatic imine (C=N–C) groups is 1. The first-order chi connectivity index (χ1) is 21.7. The van der Waals surface area contributed by atoms with Crippen LogP contribution in [0.2, 0.25) is 0 Å². The smallest absolute Gasteiger partial charge is 0.478 e. The molecule has 2 saturated carbocycles. The van der Waals surface area contributed by atoms with Gasteiger partial charge in [-0.25, -0.2) is 4.99 Å². The van der Waals surface area contributed by atoms with Crippen LogP contribution >= 0.6 is 7.92 Å². The molecule has 1 atom stereocenters. The van der Waals surface area contributed by atoms with Gasteiger partial charge in [0.2, 0.25) is 0 Å². The number of hydrogen-bond donors (Lipinski definition) is 0. The molecule has 2 fully saturated rings. The van der Waals surface area contributed by atoms with Crippen LogP contribution in [0.1, 0.15) is 36.1 Å². The maximum Gasteiger partial charge on any atom is 2.00 e. The van der Waals surface area contributed by atoms with Gasteiger partial charge in [-0.1, -0.05) is 13.8 Å². The minimum absolute atomic E-state index is 0. The van der Waals surface area contributed by atoms with Gasteiger partial charge in [0.15, 0.2) is 5.90 Å². The standard InChI is InChI=1S/C27H19F12NOP.C5H5.Fe/c1-13(2)21-12-41-23(40-21)20-4-3-5-22(20)42(18-8-14(24(28,29)30)6-15(9-18)25(31,32)33)19-10-16(26(34,35)36)7-17(11-19)27(37,38)39;1-2-4-5-3-1;/h3-11,13,21H,12H2,1-2H3;1-5H;/q;;+2/t21-;;/m1../s1. The average Bonchev–Trinajstić information content (AvgIpc) is 3.75. The Balaban J connectivity index is 0.000000952. The summed E-state index contributed by atoms with van der Waals surface area (Å²) in [6, 6.07) is 0.490. The first-order valence-corrected chi connectivity index (χ1v) is 15.0. The predicted molar refractivity (Wildman–Crippen MR) is 152 cm³/mol. The van der Waals surface area contributed by atoms with Crippen molar-refractivity contribution in [3.8, 4) is 0 Å². The van der Waals surface area contributed by atoms with Crippen molar-refractivity contribution in [3.05, 3.63) is 122 Å². The van der Waals surface area contributed by atoms with Gasteiger partial charge >= 0.3 is 41.8 Å². The van der Waals surface area contributed by atoms with Gasteiger partial charge in [0.05, 0.1) is 34.2 Å². The van der Waals surface area contributed by atoms with Gasteiger partial charge in [-0.15, -0.1) is 0 Å². The fourth-order valence-electron chi connectivity index (χ4n) is 4.55. The first-order valence-electron chi connectivity index (χ1n) is 13.7. The van der Waals surface area contributed by atoms with Gasteiger partial charge in [0.1, 0.15) is 6.61 Å². The van der Waals surface area contributed by atoms with Crippen LogP contribution < -0.4 is 10.6 Å². The fourth-order valence-corrected chi connectivity index (χ4v) is 7.12. The summed E-state index contributed by atoms with van der Waals surface area (Å²) in [5.74, 6) is -0.0912. The Bertz CT molecular complexity index is 1270. The van der Waals surface area contributed by atoms with E-state index in [0.717, 1.165) is 0 Å². The van der Waals surface area contributed by atoms with E-state index >= 15 is 0 Å². The molecule has 16 heteroatoms. The fraction of sp³-hybridized carbons (Fsp3) is 0.281. The molecule has 5 rings (SSSR count). The molecule has 0 unspecified atom stereocenters. The van der Waals surface area contributed by atoms with E-state index in [0.29, 0.717) is 24.3 Å². The van der Waals surface area contributed by atoms with Crippen LogP contribution in [0.25, 0.3) is 0 Å². The summed E-state index contributed by atoms with van der Waals surface area (Å²) in [4.78, 5) is 4.37. The zero-order valence-electron chi connectivity index (χ0n) is 24.6. The molecular weight excluding hydrogens is 729 g/mol. The van der Waals surface area contributed by atoms with Crippen LogP contribution in [0.4, 0.5) is 52.7 Å². The number of ether oxygens (including phenoxy) is 1. The molecule has 2 aromatic rings. The van der Waals surface area contributed by atoms with E-state index in [-0.39, 0.29) is 65.2 Å². The topological polar surface area (TPSA) is 21.6 Å². The molecule has 48 heavy (non-hydrogen) atoms. The molecular formula is C32H24F12FeNOP+2. The third kappa shape index (κ3) is 10.1. The summed E-state index contributed by atoms with van der Waals surface area (Å²) in [7, 11) is -2.89. The zero-order valence-corrected chi connectivity index (χ0v) is 26.6. The summed E-state index contributed by atoms with van der Waals surface area (Å²) in [5.41, 5.74) is -7.22. The van der Waals surface area contributed by atoms with E-state index in [1.807, 2.05) is 46.0 Å². The van der Waals surface area contributed by atoms with Crippen molar-refractivity contribution in [2.75, 3.05) is 6.61 Å². The van der Waals surface area contributed by atoms with Crippen molar-refractivity contribution in [1.82, 2.24) is 0 Å². The third-order valence-corrected chi connectivity index (χ3v) is 9.35. The van der Waals surface area contributed by atoms with Crippen LogP contribution in [0, 0.1) is 68.9 Å². The largest absolute Gasteiger partial charge is 2.00 e. The summed E-state index contributed by atoms with van der Waals surface area (Å²) in [6.07, 6.45) is -7.43. The van der Waals surface area contributed by atoms with Crippen molar-refractivity contribution in [2.24, 2.45) is 10.9 Å². The van der Waals surface area contributed by atoms with Crippen molar-refractivity contribution in [3.63, 3.8) is 0 Å². The Morgan fingerprint density at radius 1 is 0.604 bits per heavy atom. The van der Waals surface area contributed by atoms with E-state index < -0.39 is 65.5 Å². The normalized spacial score (nSPS) is 19.7. The quantitative estimate of drug-likeness (QED) is 0.170. The monoisotopic (exact) mass is 753 g/mol. The van der Waals surface area contributed by atoms with Crippen LogP contribution in [0.3, 0.4) is 0 Å². The predicted octanol–water partition coefficient (Wildman–Crippen LogP) is 9.40. The van der Waals surface area contributed by atoms with Crippen molar-refractivity contribution in [2.45, 2.75) is 44.6 Å². The number of nitrogens with zero attached hydrogens (tertiary/aromatic N) is 1. The van der Waals surface area contributed by atoms with Crippen molar-refractivity contribution < 1.29 is 74.5 Å². The molecule has 0 amide bonds. The Labute approximate surface area is 282 Å². The number of benzene rings is 2. The Morgan fingerprint density at radius 2 is 0.979 bits per heavy atom. The maximum absolute atomic E-state index is 13.7. The molecule has 258 valence electrons. The number of rotatable bonds is 5. The number of halogens is 12. The molecule has 3 aliphatic rings. The molecule has 2 aromatic carbocycles. The summed E-state index contributed by atoms with van der Waals surface area (Å²) in [5, 5.41) is -1.54. The van der Waals surface area contributed by atoms with Crippen LogP contribution in [0.15, 0.2) is 41.4 Å². The van der Waals surface area contributed by atoms with Crippen molar-refractivity contribution in [1.29, 1.82) is 0 Å². The Kier molecular flexibility index (Phi) is 13.1. The number of alkyl halides is 12. The molecule has 2 nitrogen and oxygen atoms in total. The molecule has 0 saturated heterocycles. The average molecular weight is 753 g/mol. The second-order valence-electron chi connectivity index (χ2n) is 10.7. The van der Waals surface area contributed by atoms with Gasteiger partial charge in [-0.2, -0.15) is 52.7 Å². The van der Waals surface area contributed by atoms with Crippen LogP contribution in [-0.4, -0.2) is 18.5 Å².